The zero-order chi connectivity index (χ0) is 11.8. The lowest BCUT2D eigenvalue weighted by atomic mass is 10.1. The van der Waals surface area contributed by atoms with Crippen LogP contribution in [0.2, 0.25) is 0 Å². The molecule has 0 unspecified atom stereocenters. The molecule has 0 saturated heterocycles. The van der Waals surface area contributed by atoms with E-state index in [1.807, 2.05) is 24.3 Å². The molecule has 1 radical (unpaired) electrons. The molecular weight excluding hydrogens is 210 g/mol. The summed E-state index contributed by atoms with van der Waals surface area (Å²) >= 11 is 0. The van der Waals surface area contributed by atoms with Crippen LogP contribution in [0.3, 0.4) is 0 Å². The number of hydrogen-bond acceptors (Lipinski definition) is 2. The number of aryl methyl sites for hydroxylation is 2. The lowest BCUT2D eigenvalue weighted by Crippen LogP contribution is -1.97. The van der Waals surface area contributed by atoms with E-state index in [0.717, 1.165) is 22.3 Å². The van der Waals surface area contributed by atoms with Gasteiger partial charge in [-0.1, -0.05) is 18.2 Å². The lowest BCUT2D eigenvalue weighted by Gasteiger charge is -1.96. The first kappa shape index (κ1) is 10.0. The van der Waals surface area contributed by atoms with E-state index in [1.165, 1.54) is 5.56 Å². The molecule has 3 heteroatoms. The summed E-state index contributed by atoms with van der Waals surface area (Å²) in [5, 5.41) is 9.01. The van der Waals surface area contributed by atoms with Crippen molar-refractivity contribution in [2.45, 2.75) is 13.8 Å². The fourth-order valence-corrected chi connectivity index (χ4v) is 1.99. The van der Waals surface area contributed by atoms with Crippen molar-refractivity contribution in [2.24, 2.45) is 0 Å². The van der Waals surface area contributed by atoms with Crippen LogP contribution in [0.1, 0.15) is 11.1 Å². The largest absolute Gasteiger partial charge is 0.150 e. The second-order valence-corrected chi connectivity index (χ2v) is 4.20. The number of benzene rings is 2. The van der Waals surface area contributed by atoms with Crippen LogP contribution in [0.4, 0.5) is 0 Å². The highest BCUT2D eigenvalue weighted by molar-refractivity contribution is 5.78. The first-order chi connectivity index (χ1) is 8.24. The summed E-state index contributed by atoms with van der Waals surface area (Å²) in [4.78, 5) is 1.67. The van der Waals surface area contributed by atoms with Crippen LogP contribution in [0.25, 0.3) is 16.7 Å². The Morgan fingerprint density at radius 2 is 1.82 bits per heavy atom. The Kier molecular flexibility index (Phi) is 2.18. The van der Waals surface area contributed by atoms with Crippen LogP contribution in [0, 0.1) is 19.9 Å². The highest BCUT2D eigenvalue weighted by atomic mass is 15.5. The van der Waals surface area contributed by atoms with Gasteiger partial charge in [-0.05, 0) is 49.2 Å². The first-order valence-corrected chi connectivity index (χ1v) is 5.55. The summed E-state index contributed by atoms with van der Waals surface area (Å²) < 4.78 is 0. The summed E-state index contributed by atoms with van der Waals surface area (Å²) in [6.45, 7) is 4.13. The van der Waals surface area contributed by atoms with Crippen molar-refractivity contribution in [3.8, 4) is 5.69 Å². The number of hydrogen-bond donors (Lipinski definition) is 0. The van der Waals surface area contributed by atoms with Crippen molar-refractivity contribution in [3.05, 3.63) is 53.6 Å². The highest BCUT2D eigenvalue weighted by Crippen LogP contribution is 2.18. The minimum atomic E-state index is 0.940. The molecule has 0 aliphatic rings. The zero-order valence-electron chi connectivity index (χ0n) is 9.81. The third kappa shape index (κ3) is 1.69. The van der Waals surface area contributed by atoms with Crippen LogP contribution in [0.15, 0.2) is 36.4 Å². The predicted molar refractivity (Wildman–Crippen MR) is 67.2 cm³/mol. The van der Waals surface area contributed by atoms with Gasteiger partial charge in [0.15, 0.2) is 0 Å². The van der Waals surface area contributed by atoms with Gasteiger partial charge in [0.05, 0.1) is 5.69 Å². The Hall–Kier alpha value is -2.16. The molecule has 1 aromatic heterocycles. The van der Waals surface area contributed by atoms with Crippen LogP contribution < -0.4 is 0 Å². The quantitative estimate of drug-likeness (QED) is 0.634. The molecule has 0 amide bonds. The minimum absolute atomic E-state index is 0.940. The van der Waals surface area contributed by atoms with E-state index in [9.17, 15) is 0 Å². The van der Waals surface area contributed by atoms with Gasteiger partial charge in [-0.15, -0.1) is 10.2 Å². The van der Waals surface area contributed by atoms with Gasteiger partial charge >= 0.3 is 0 Å². The van der Waals surface area contributed by atoms with Gasteiger partial charge < -0.3 is 0 Å². The number of aromatic nitrogens is 3. The maximum Gasteiger partial charge on any atom is 0.116 e. The second-order valence-electron chi connectivity index (χ2n) is 4.20. The zero-order valence-corrected chi connectivity index (χ0v) is 9.81. The molecule has 3 nitrogen and oxygen atoms in total. The van der Waals surface area contributed by atoms with E-state index < -0.39 is 0 Å². The van der Waals surface area contributed by atoms with Crippen LogP contribution in [0.5, 0.6) is 0 Å². The van der Waals surface area contributed by atoms with E-state index in [1.54, 1.807) is 4.80 Å². The Balaban J connectivity index is 2.24. The van der Waals surface area contributed by atoms with Crippen LogP contribution >= 0.6 is 0 Å². The fourth-order valence-electron chi connectivity index (χ4n) is 1.99. The Morgan fingerprint density at radius 1 is 1.06 bits per heavy atom. The van der Waals surface area contributed by atoms with E-state index in [-0.39, 0.29) is 0 Å². The molecule has 0 atom stereocenters. The van der Waals surface area contributed by atoms with E-state index >= 15 is 0 Å². The van der Waals surface area contributed by atoms with Gasteiger partial charge in [0, 0.05) is 0 Å². The maximum absolute atomic E-state index is 4.52. The average Bonchev–Trinajstić information content (AvgIpc) is 2.74. The molecule has 0 aliphatic carbocycles. The van der Waals surface area contributed by atoms with Crippen molar-refractivity contribution in [3.63, 3.8) is 0 Å². The molecule has 0 N–H and O–H groups in total. The summed E-state index contributed by atoms with van der Waals surface area (Å²) in [6.07, 6.45) is 0. The van der Waals surface area contributed by atoms with Gasteiger partial charge in [-0.3, -0.25) is 0 Å². The molecule has 3 rings (SSSR count). The van der Waals surface area contributed by atoms with Gasteiger partial charge in [0.25, 0.3) is 0 Å². The summed E-state index contributed by atoms with van der Waals surface area (Å²) in [5.41, 5.74) is 5.23. The molecule has 3 aromatic rings. The number of nitrogens with zero attached hydrogens (tertiary/aromatic N) is 3. The highest BCUT2D eigenvalue weighted by Gasteiger charge is 2.07. The molecular formula is C14H12N3. The molecule has 0 fully saturated rings. The van der Waals surface area contributed by atoms with Crippen molar-refractivity contribution in [1.82, 2.24) is 15.0 Å². The van der Waals surface area contributed by atoms with Crippen LogP contribution in [-0.2, 0) is 0 Å². The van der Waals surface area contributed by atoms with Gasteiger partial charge in [0.2, 0.25) is 0 Å². The van der Waals surface area contributed by atoms with Crippen molar-refractivity contribution >= 4 is 11.0 Å². The van der Waals surface area contributed by atoms with Crippen molar-refractivity contribution in [2.75, 3.05) is 0 Å². The smallest absolute Gasteiger partial charge is 0.116 e. The fraction of sp³-hybridized carbons (Fsp3) is 0.143. The topological polar surface area (TPSA) is 30.7 Å². The molecule has 83 valence electrons. The van der Waals surface area contributed by atoms with Crippen molar-refractivity contribution in [1.29, 1.82) is 0 Å². The van der Waals surface area contributed by atoms with E-state index in [2.05, 4.69) is 42.2 Å². The average molecular weight is 222 g/mol. The molecule has 0 aliphatic heterocycles. The van der Waals surface area contributed by atoms with E-state index in [4.69, 9.17) is 0 Å². The third-order valence-corrected chi connectivity index (χ3v) is 2.75. The molecule has 0 spiro atoms. The first-order valence-electron chi connectivity index (χ1n) is 5.55. The van der Waals surface area contributed by atoms with Crippen molar-refractivity contribution < 1.29 is 0 Å². The second kappa shape index (κ2) is 3.70. The molecule has 0 bridgehead atoms. The summed E-state index contributed by atoms with van der Waals surface area (Å²) in [6, 6.07) is 14.8. The standard InChI is InChI=1S/C14H12N3/c1-10-8-11(2)14-13(9-10)15-17(16-14)12-6-4-3-5-7-12/h4-9H,1-2H3. The third-order valence-electron chi connectivity index (χ3n) is 2.75. The maximum atomic E-state index is 4.52. The Labute approximate surface area is 99.7 Å². The Bertz CT molecular complexity index is 669. The SMILES string of the molecule is Cc1cc(C)c2nn(-c3cc[c]cc3)nc2c1. The molecule has 2 aromatic carbocycles. The van der Waals surface area contributed by atoms with E-state index in [0.29, 0.717) is 0 Å². The minimum Gasteiger partial charge on any atom is -0.150 e. The Morgan fingerprint density at radius 3 is 2.59 bits per heavy atom. The number of fused-ring (bicyclic) bond motifs is 1. The molecule has 1 heterocycles. The summed E-state index contributed by atoms with van der Waals surface area (Å²) in [7, 11) is 0. The van der Waals surface area contributed by atoms with Gasteiger partial charge in [-0.25, -0.2) is 0 Å². The van der Waals surface area contributed by atoms with Gasteiger partial charge in [0.1, 0.15) is 11.0 Å². The monoisotopic (exact) mass is 222 g/mol. The number of rotatable bonds is 1. The normalized spacial score (nSPS) is 10.9. The predicted octanol–water partition coefficient (Wildman–Crippen LogP) is 2.84. The van der Waals surface area contributed by atoms with Gasteiger partial charge in [-0.2, -0.15) is 4.80 Å². The van der Waals surface area contributed by atoms with Crippen LogP contribution in [-0.4, -0.2) is 15.0 Å². The summed E-state index contributed by atoms with van der Waals surface area (Å²) in [5.74, 6) is 0. The lowest BCUT2D eigenvalue weighted by molar-refractivity contribution is 0.765. The molecule has 0 saturated carbocycles. The molecule has 17 heavy (non-hydrogen) atoms.